The highest BCUT2D eigenvalue weighted by Gasteiger charge is 2.13. The molecule has 140 valence electrons. The van der Waals surface area contributed by atoms with E-state index in [1.165, 1.54) is 4.57 Å². The Kier molecular flexibility index (Phi) is 5.56. The first-order chi connectivity index (χ1) is 12.9. The summed E-state index contributed by atoms with van der Waals surface area (Å²) >= 11 is 5.45. The molecule has 0 saturated carbocycles. The van der Waals surface area contributed by atoms with E-state index in [0.29, 0.717) is 27.8 Å². The average molecular weight is 382 g/mol. The summed E-state index contributed by atoms with van der Waals surface area (Å²) in [5, 5.41) is 3.38. The number of fused-ring (bicyclic) bond motifs is 1. The van der Waals surface area contributed by atoms with E-state index in [9.17, 15) is 9.59 Å². The number of hydrogen-bond donors (Lipinski definition) is 2. The van der Waals surface area contributed by atoms with Crippen LogP contribution in [0.2, 0.25) is 0 Å². The molecule has 0 atom stereocenters. The summed E-state index contributed by atoms with van der Waals surface area (Å²) in [7, 11) is 0. The minimum absolute atomic E-state index is 0.150. The molecule has 2 N–H and O–H groups in total. The smallest absolute Gasteiger partial charge is 0.266 e. The monoisotopic (exact) mass is 381 g/mol. The van der Waals surface area contributed by atoms with Crippen molar-refractivity contribution in [1.29, 1.82) is 0 Å². The molecule has 0 saturated heterocycles. The Morgan fingerprint density at radius 2 is 2.00 bits per heavy atom. The lowest BCUT2D eigenvalue weighted by Crippen LogP contribution is -2.25. The van der Waals surface area contributed by atoms with E-state index in [2.05, 4.69) is 17.2 Å². The number of aromatic nitrogens is 2. The van der Waals surface area contributed by atoms with Gasteiger partial charge in [-0.3, -0.25) is 14.2 Å². The van der Waals surface area contributed by atoms with Gasteiger partial charge in [0.2, 0.25) is 0 Å². The van der Waals surface area contributed by atoms with E-state index in [1.807, 2.05) is 32.0 Å². The molecular formula is C21H23N3O2S. The van der Waals surface area contributed by atoms with E-state index in [4.69, 9.17) is 12.2 Å². The van der Waals surface area contributed by atoms with Gasteiger partial charge in [-0.05, 0) is 67.9 Å². The second-order valence-corrected chi connectivity index (χ2v) is 7.05. The van der Waals surface area contributed by atoms with Gasteiger partial charge in [-0.2, -0.15) is 0 Å². The Balaban J connectivity index is 2.10. The summed E-state index contributed by atoms with van der Waals surface area (Å²) < 4.78 is 1.82. The SMILES string of the molecule is CCCCNC(=O)c1ccc2c(=O)n(-c3cccc(C)c3C)c(=S)[nH]c2c1. The van der Waals surface area contributed by atoms with Gasteiger partial charge in [-0.15, -0.1) is 0 Å². The number of H-pyrrole nitrogens is 1. The van der Waals surface area contributed by atoms with Crippen molar-refractivity contribution in [3.63, 3.8) is 0 Å². The third-order valence-electron chi connectivity index (χ3n) is 4.79. The van der Waals surface area contributed by atoms with Crippen LogP contribution >= 0.6 is 12.2 Å². The first-order valence-electron chi connectivity index (χ1n) is 9.08. The molecule has 3 rings (SSSR count). The standard InChI is InChI=1S/C21H23N3O2S/c1-4-5-11-22-19(25)15-9-10-16-17(12-15)23-21(27)24(20(16)26)18-8-6-7-13(2)14(18)3/h6-10,12H,4-5,11H2,1-3H3,(H,22,25)(H,23,27). The van der Waals surface area contributed by atoms with Gasteiger partial charge < -0.3 is 10.3 Å². The number of benzene rings is 2. The van der Waals surface area contributed by atoms with Crippen LogP contribution in [0.3, 0.4) is 0 Å². The molecular weight excluding hydrogens is 358 g/mol. The number of nitrogens with zero attached hydrogens (tertiary/aromatic N) is 1. The maximum absolute atomic E-state index is 13.1. The molecule has 0 spiro atoms. The van der Waals surface area contributed by atoms with Gasteiger partial charge in [-0.1, -0.05) is 25.5 Å². The molecule has 2 aromatic carbocycles. The minimum Gasteiger partial charge on any atom is -0.352 e. The van der Waals surface area contributed by atoms with Crippen molar-refractivity contribution >= 4 is 29.0 Å². The molecule has 5 nitrogen and oxygen atoms in total. The number of unbranched alkanes of at least 4 members (excludes halogenated alkanes) is 1. The predicted octanol–water partition coefficient (Wildman–Crippen LogP) is 4.20. The molecule has 0 aliphatic rings. The number of carbonyl (C=O) groups is 1. The average Bonchev–Trinajstić information content (AvgIpc) is 2.64. The van der Waals surface area contributed by atoms with Gasteiger partial charge in [0.25, 0.3) is 11.5 Å². The van der Waals surface area contributed by atoms with Crippen LogP contribution in [0.15, 0.2) is 41.2 Å². The number of rotatable bonds is 5. The molecule has 6 heteroatoms. The number of amides is 1. The summed E-state index contributed by atoms with van der Waals surface area (Å²) in [6.07, 6.45) is 1.95. The number of hydrogen-bond acceptors (Lipinski definition) is 3. The van der Waals surface area contributed by atoms with Gasteiger partial charge in [0.15, 0.2) is 4.77 Å². The van der Waals surface area contributed by atoms with Gasteiger partial charge in [0.05, 0.1) is 16.6 Å². The molecule has 27 heavy (non-hydrogen) atoms. The van der Waals surface area contributed by atoms with E-state index in [0.717, 1.165) is 29.7 Å². The van der Waals surface area contributed by atoms with Crippen LogP contribution in [0.25, 0.3) is 16.6 Å². The maximum Gasteiger partial charge on any atom is 0.266 e. The molecule has 0 bridgehead atoms. The van der Waals surface area contributed by atoms with Crippen LogP contribution in [0.4, 0.5) is 0 Å². The second-order valence-electron chi connectivity index (χ2n) is 6.66. The fraction of sp³-hybridized carbons (Fsp3) is 0.286. The van der Waals surface area contributed by atoms with E-state index in [-0.39, 0.29) is 11.5 Å². The Morgan fingerprint density at radius 3 is 2.74 bits per heavy atom. The molecule has 0 aliphatic heterocycles. The van der Waals surface area contributed by atoms with Crippen LogP contribution in [-0.4, -0.2) is 22.0 Å². The van der Waals surface area contributed by atoms with Gasteiger partial charge >= 0.3 is 0 Å². The number of carbonyl (C=O) groups excluding carboxylic acids is 1. The highest BCUT2D eigenvalue weighted by molar-refractivity contribution is 7.71. The third-order valence-corrected chi connectivity index (χ3v) is 5.08. The Morgan fingerprint density at radius 1 is 1.22 bits per heavy atom. The molecule has 0 aliphatic carbocycles. The lowest BCUT2D eigenvalue weighted by molar-refractivity contribution is 0.0953. The fourth-order valence-corrected chi connectivity index (χ4v) is 3.33. The summed E-state index contributed by atoms with van der Waals surface area (Å²) in [6.45, 7) is 6.68. The van der Waals surface area contributed by atoms with Crippen LogP contribution in [0.5, 0.6) is 0 Å². The van der Waals surface area contributed by atoms with E-state index in [1.54, 1.807) is 18.2 Å². The van der Waals surface area contributed by atoms with E-state index < -0.39 is 0 Å². The lowest BCUT2D eigenvalue weighted by atomic mass is 10.1. The predicted molar refractivity (Wildman–Crippen MR) is 111 cm³/mol. The summed E-state index contributed by atoms with van der Waals surface area (Å²) in [5.41, 5.74) is 3.74. The first kappa shape index (κ1) is 19.0. The number of nitrogens with one attached hydrogen (secondary N) is 2. The van der Waals surface area contributed by atoms with Gasteiger partial charge in [0, 0.05) is 12.1 Å². The fourth-order valence-electron chi connectivity index (χ4n) is 3.04. The minimum atomic E-state index is -0.194. The Bertz CT molecular complexity index is 1130. The third kappa shape index (κ3) is 3.71. The van der Waals surface area contributed by atoms with Crippen molar-refractivity contribution in [3.8, 4) is 5.69 Å². The maximum atomic E-state index is 13.1. The number of aromatic amines is 1. The summed E-state index contributed by atoms with van der Waals surface area (Å²) in [6, 6.07) is 10.8. The molecule has 1 amide bonds. The highest BCUT2D eigenvalue weighted by atomic mass is 32.1. The zero-order valence-corrected chi connectivity index (χ0v) is 16.6. The van der Waals surface area contributed by atoms with Gasteiger partial charge in [0.1, 0.15) is 0 Å². The largest absolute Gasteiger partial charge is 0.352 e. The quantitative estimate of drug-likeness (QED) is 0.514. The van der Waals surface area contributed by atoms with Crippen LogP contribution in [0, 0.1) is 18.6 Å². The zero-order valence-electron chi connectivity index (χ0n) is 15.8. The van der Waals surface area contributed by atoms with E-state index >= 15 is 0 Å². The van der Waals surface area contributed by atoms with Crippen molar-refractivity contribution < 1.29 is 4.79 Å². The molecule has 1 aromatic heterocycles. The highest BCUT2D eigenvalue weighted by Crippen LogP contribution is 2.18. The van der Waals surface area contributed by atoms with Crippen molar-refractivity contribution in [1.82, 2.24) is 14.9 Å². The summed E-state index contributed by atoms with van der Waals surface area (Å²) in [4.78, 5) is 28.5. The van der Waals surface area contributed by atoms with Crippen molar-refractivity contribution in [3.05, 3.63) is 68.2 Å². The topological polar surface area (TPSA) is 66.9 Å². The molecule has 0 fully saturated rings. The molecule has 1 heterocycles. The number of aryl methyl sites for hydroxylation is 1. The van der Waals surface area contributed by atoms with Crippen molar-refractivity contribution in [2.75, 3.05) is 6.54 Å². The second kappa shape index (κ2) is 7.88. The normalized spacial score (nSPS) is 10.9. The van der Waals surface area contributed by atoms with Crippen LogP contribution in [0.1, 0.15) is 41.3 Å². The Hall–Kier alpha value is -2.73. The van der Waals surface area contributed by atoms with Crippen LogP contribution < -0.4 is 10.9 Å². The molecule has 0 unspecified atom stereocenters. The lowest BCUT2D eigenvalue weighted by Gasteiger charge is -2.13. The molecule has 3 aromatic rings. The first-order valence-corrected chi connectivity index (χ1v) is 9.48. The van der Waals surface area contributed by atoms with Crippen molar-refractivity contribution in [2.24, 2.45) is 0 Å². The van der Waals surface area contributed by atoms with Gasteiger partial charge in [-0.25, -0.2) is 0 Å². The van der Waals surface area contributed by atoms with Crippen molar-refractivity contribution in [2.45, 2.75) is 33.6 Å². The molecule has 0 radical (unpaired) electrons. The van der Waals surface area contributed by atoms with Crippen LogP contribution in [-0.2, 0) is 0 Å². The summed E-state index contributed by atoms with van der Waals surface area (Å²) in [5.74, 6) is -0.150. The Labute approximate surface area is 163 Å². The zero-order chi connectivity index (χ0) is 19.6.